The summed E-state index contributed by atoms with van der Waals surface area (Å²) in [6.45, 7) is 1.93. The van der Waals surface area contributed by atoms with Gasteiger partial charge in [0.1, 0.15) is 12.4 Å². The molecular formula is C16H18BrClNO2-. The van der Waals surface area contributed by atoms with Crippen LogP contribution >= 0.6 is 15.9 Å². The largest absolute Gasteiger partial charge is 1.00 e. The molecule has 0 aliphatic rings. The van der Waals surface area contributed by atoms with E-state index < -0.39 is 0 Å². The highest BCUT2D eigenvalue weighted by molar-refractivity contribution is 9.10. The Bertz CT molecular complexity index is 537. The van der Waals surface area contributed by atoms with E-state index in [4.69, 9.17) is 9.84 Å². The Hall–Kier alpha value is -1.07. The van der Waals surface area contributed by atoms with Crippen molar-refractivity contribution in [3.63, 3.8) is 0 Å². The Balaban J connectivity index is 0.00000220. The molecule has 2 N–H and O–H groups in total. The molecule has 3 nitrogen and oxygen atoms in total. The van der Waals surface area contributed by atoms with Gasteiger partial charge in [0.2, 0.25) is 0 Å². The molecule has 0 saturated carbocycles. The molecule has 0 unspecified atom stereocenters. The lowest BCUT2D eigenvalue weighted by atomic mass is 10.2. The fourth-order valence-corrected chi connectivity index (χ4v) is 2.27. The standard InChI is InChI=1S/C16H18BrNO2.ClH/c17-15-6-7-16(14(10-15)11-18-8-9-19)20-12-13-4-2-1-3-5-13;/h1-7,10,18-19H,8-9,11-12H2;1H/p-1. The summed E-state index contributed by atoms with van der Waals surface area (Å²) in [5, 5.41) is 12.0. The van der Waals surface area contributed by atoms with E-state index in [0.717, 1.165) is 21.3 Å². The van der Waals surface area contributed by atoms with Crippen molar-refractivity contribution in [1.82, 2.24) is 5.32 Å². The SMILES string of the molecule is OCCNCc1cc(Br)ccc1OCc1ccccc1.[Cl-]. The minimum absolute atomic E-state index is 0. The Labute approximate surface area is 139 Å². The van der Waals surface area contributed by atoms with Gasteiger partial charge in [-0.2, -0.15) is 0 Å². The van der Waals surface area contributed by atoms with Crippen molar-refractivity contribution in [3.05, 3.63) is 64.1 Å². The first kappa shape index (κ1) is 18.0. The quantitative estimate of drug-likeness (QED) is 0.679. The normalized spacial score (nSPS) is 10.0. The van der Waals surface area contributed by atoms with Crippen molar-refractivity contribution in [1.29, 1.82) is 0 Å². The van der Waals surface area contributed by atoms with Crippen LogP contribution in [0.4, 0.5) is 0 Å². The van der Waals surface area contributed by atoms with Gasteiger partial charge in [-0.3, -0.25) is 0 Å². The number of ether oxygens (including phenoxy) is 1. The molecular weight excluding hydrogens is 354 g/mol. The van der Waals surface area contributed by atoms with Gasteiger partial charge in [-0.1, -0.05) is 46.3 Å². The van der Waals surface area contributed by atoms with E-state index >= 15 is 0 Å². The van der Waals surface area contributed by atoms with Gasteiger partial charge in [-0.15, -0.1) is 0 Å². The molecule has 0 atom stereocenters. The zero-order valence-corrected chi connectivity index (χ0v) is 13.9. The summed E-state index contributed by atoms with van der Waals surface area (Å²) in [7, 11) is 0. The zero-order valence-electron chi connectivity index (χ0n) is 11.6. The van der Waals surface area contributed by atoms with E-state index in [2.05, 4.69) is 21.2 Å². The molecule has 2 aromatic rings. The van der Waals surface area contributed by atoms with E-state index in [1.165, 1.54) is 0 Å². The minimum Gasteiger partial charge on any atom is -1.00 e. The van der Waals surface area contributed by atoms with Crippen molar-refractivity contribution in [3.8, 4) is 5.75 Å². The van der Waals surface area contributed by atoms with Crippen LogP contribution in [0.15, 0.2) is 53.0 Å². The molecule has 0 amide bonds. The summed E-state index contributed by atoms with van der Waals surface area (Å²) in [4.78, 5) is 0. The molecule has 0 fully saturated rings. The molecule has 0 aromatic heterocycles. The summed E-state index contributed by atoms with van der Waals surface area (Å²) in [5.41, 5.74) is 2.22. The molecule has 0 bridgehead atoms. The van der Waals surface area contributed by atoms with Crippen molar-refractivity contribution >= 4 is 15.9 Å². The maximum absolute atomic E-state index is 8.82. The van der Waals surface area contributed by atoms with Gasteiger partial charge >= 0.3 is 0 Å². The lowest BCUT2D eigenvalue weighted by molar-refractivity contribution is -0.00000533. The van der Waals surface area contributed by atoms with Crippen molar-refractivity contribution in [2.75, 3.05) is 13.2 Å². The van der Waals surface area contributed by atoms with E-state index in [1.54, 1.807) is 0 Å². The maximum Gasteiger partial charge on any atom is 0.124 e. The molecule has 0 radical (unpaired) electrons. The fourth-order valence-electron chi connectivity index (χ4n) is 1.86. The molecule has 0 saturated heterocycles. The average molecular weight is 372 g/mol. The number of hydrogen-bond acceptors (Lipinski definition) is 3. The molecule has 0 aliphatic heterocycles. The van der Waals surface area contributed by atoms with Crippen LogP contribution in [0.2, 0.25) is 0 Å². The van der Waals surface area contributed by atoms with Gasteiger partial charge in [0.15, 0.2) is 0 Å². The number of aliphatic hydroxyl groups excluding tert-OH is 1. The summed E-state index contributed by atoms with van der Waals surface area (Å²) < 4.78 is 6.90. The van der Waals surface area contributed by atoms with Crippen LogP contribution in [0.3, 0.4) is 0 Å². The summed E-state index contributed by atoms with van der Waals surface area (Å²) >= 11 is 3.47. The second kappa shape index (κ2) is 9.79. The molecule has 114 valence electrons. The third-order valence-electron chi connectivity index (χ3n) is 2.86. The summed E-state index contributed by atoms with van der Waals surface area (Å²) in [6, 6.07) is 16.1. The topological polar surface area (TPSA) is 41.5 Å². The number of rotatable bonds is 7. The first-order valence-corrected chi connectivity index (χ1v) is 7.35. The van der Waals surface area contributed by atoms with E-state index in [9.17, 15) is 0 Å². The predicted octanol–water partition coefficient (Wildman–Crippen LogP) is 0.114. The second-order valence-electron chi connectivity index (χ2n) is 4.43. The van der Waals surface area contributed by atoms with Crippen LogP contribution < -0.4 is 22.5 Å². The van der Waals surface area contributed by atoms with Crippen molar-refractivity contribution in [2.45, 2.75) is 13.2 Å². The maximum atomic E-state index is 8.82. The lowest BCUT2D eigenvalue weighted by Gasteiger charge is -2.12. The van der Waals surface area contributed by atoms with Gasteiger partial charge in [0.05, 0.1) is 6.61 Å². The first-order valence-electron chi connectivity index (χ1n) is 6.56. The van der Waals surface area contributed by atoms with Gasteiger partial charge in [0, 0.05) is 23.1 Å². The average Bonchev–Trinajstić information content (AvgIpc) is 2.48. The fraction of sp³-hybridized carbons (Fsp3) is 0.250. The highest BCUT2D eigenvalue weighted by atomic mass is 79.9. The Morgan fingerprint density at radius 3 is 2.57 bits per heavy atom. The number of nitrogens with one attached hydrogen (secondary N) is 1. The summed E-state index contributed by atoms with van der Waals surface area (Å²) in [6.07, 6.45) is 0. The number of aliphatic hydroxyl groups is 1. The Morgan fingerprint density at radius 1 is 1.10 bits per heavy atom. The number of hydrogen-bond donors (Lipinski definition) is 2. The first-order chi connectivity index (χ1) is 9.79. The monoisotopic (exact) mass is 370 g/mol. The number of benzene rings is 2. The van der Waals surface area contributed by atoms with Crippen LogP contribution in [0.5, 0.6) is 5.75 Å². The van der Waals surface area contributed by atoms with Crippen LogP contribution in [0.25, 0.3) is 0 Å². The molecule has 0 aliphatic carbocycles. The van der Waals surface area contributed by atoms with E-state index in [0.29, 0.717) is 19.7 Å². The second-order valence-corrected chi connectivity index (χ2v) is 5.34. The third-order valence-corrected chi connectivity index (χ3v) is 3.36. The van der Waals surface area contributed by atoms with Gasteiger partial charge in [0.25, 0.3) is 0 Å². The molecule has 21 heavy (non-hydrogen) atoms. The van der Waals surface area contributed by atoms with Crippen molar-refractivity contribution in [2.24, 2.45) is 0 Å². The van der Waals surface area contributed by atoms with Crippen LogP contribution in [-0.4, -0.2) is 18.3 Å². The lowest BCUT2D eigenvalue weighted by Crippen LogP contribution is -3.00. The minimum atomic E-state index is 0. The Kier molecular flexibility index (Phi) is 8.38. The highest BCUT2D eigenvalue weighted by Gasteiger charge is 2.05. The summed E-state index contributed by atoms with van der Waals surface area (Å²) in [5.74, 6) is 0.863. The van der Waals surface area contributed by atoms with Gasteiger partial charge < -0.3 is 27.6 Å². The number of halogens is 2. The Morgan fingerprint density at radius 2 is 1.86 bits per heavy atom. The van der Waals surface area contributed by atoms with E-state index in [-0.39, 0.29) is 19.0 Å². The van der Waals surface area contributed by atoms with Crippen LogP contribution in [0.1, 0.15) is 11.1 Å². The molecule has 0 heterocycles. The third kappa shape index (κ3) is 6.06. The van der Waals surface area contributed by atoms with Crippen LogP contribution in [0, 0.1) is 0 Å². The molecule has 0 spiro atoms. The van der Waals surface area contributed by atoms with Crippen molar-refractivity contribution < 1.29 is 22.3 Å². The molecule has 2 rings (SSSR count). The van der Waals surface area contributed by atoms with Crippen LogP contribution in [-0.2, 0) is 13.2 Å². The zero-order chi connectivity index (χ0) is 14.2. The van der Waals surface area contributed by atoms with Gasteiger partial charge in [-0.05, 0) is 23.8 Å². The van der Waals surface area contributed by atoms with Gasteiger partial charge in [-0.25, -0.2) is 0 Å². The molecule has 2 aromatic carbocycles. The molecule has 5 heteroatoms. The smallest absolute Gasteiger partial charge is 0.124 e. The highest BCUT2D eigenvalue weighted by Crippen LogP contribution is 2.24. The van der Waals surface area contributed by atoms with E-state index in [1.807, 2.05) is 48.5 Å². The predicted molar refractivity (Wildman–Crippen MR) is 83.7 cm³/mol.